The molecule has 2 N–H and O–H groups in total. The van der Waals surface area contributed by atoms with Crippen LogP contribution in [0, 0.1) is 0 Å². The Bertz CT molecular complexity index is 418. The molecule has 0 unspecified atom stereocenters. The van der Waals surface area contributed by atoms with Crippen molar-refractivity contribution in [3.05, 3.63) is 17.6 Å². The topological polar surface area (TPSA) is 68.9 Å². The smallest absolute Gasteiger partial charge is 0.134 e. The third kappa shape index (κ3) is 1.50. The Morgan fingerprint density at radius 1 is 1.27 bits per heavy atom. The molecule has 0 radical (unpaired) electrons. The molecule has 0 amide bonds. The Hall–Kier alpha value is -1.45. The molecule has 2 aliphatic rings. The second-order valence-corrected chi connectivity index (χ2v) is 4.49. The van der Waals surface area contributed by atoms with Crippen LogP contribution < -0.4 is 5.73 Å². The molecule has 2 fully saturated rings. The summed E-state index contributed by atoms with van der Waals surface area (Å²) >= 11 is 0. The molecule has 1 aromatic rings. The molecule has 0 spiro atoms. The zero-order valence-corrected chi connectivity index (χ0v) is 8.44. The van der Waals surface area contributed by atoms with Gasteiger partial charge in [0.15, 0.2) is 0 Å². The molecule has 0 aromatic carbocycles. The lowest BCUT2D eigenvalue weighted by atomic mass is 9.79. The van der Waals surface area contributed by atoms with Crippen molar-refractivity contribution in [3.8, 4) is 0 Å². The zero-order valence-electron chi connectivity index (χ0n) is 8.44. The van der Waals surface area contributed by atoms with Crippen LogP contribution in [0.5, 0.6) is 0 Å². The highest BCUT2D eigenvalue weighted by atomic mass is 16.1. The number of nitrogen functional groups attached to an aromatic ring is 1. The molecule has 1 heterocycles. The highest BCUT2D eigenvalue weighted by Crippen LogP contribution is 2.40. The van der Waals surface area contributed by atoms with Gasteiger partial charge in [0.25, 0.3) is 0 Å². The first-order chi connectivity index (χ1) is 7.24. The molecule has 2 saturated carbocycles. The van der Waals surface area contributed by atoms with Crippen LogP contribution in [0.15, 0.2) is 6.20 Å². The molecule has 4 heteroatoms. The number of carbonyl (C=O) groups excluding carboxylic acids is 1. The predicted molar refractivity (Wildman–Crippen MR) is 55.4 cm³/mol. The number of rotatable bonds is 2. The van der Waals surface area contributed by atoms with E-state index >= 15 is 0 Å². The van der Waals surface area contributed by atoms with Crippen molar-refractivity contribution in [2.45, 2.75) is 37.5 Å². The van der Waals surface area contributed by atoms with Gasteiger partial charge in [-0.05, 0) is 12.8 Å². The van der Waals surface area contributed by atoms with E-state index in [0.29, 0.717) is 30.4 Å². The van der Waals surface area contributed by atoms with Gasteiger partial charge in [-0.1, -0.05) is 0 Å². The molecular weight excluding hydrogens is 190 g/mol. The van der Waals surface area contributed by atoms with Crippen LogP contribution in [0.2, 0.25) is 0 Å². The first-order valence-electron chi connectivity index (χ1n) is 5.38. The molecule has 3 rings (SSSR count). The Morgan fingerprint density at radius 3 is 2.53 bits per heavy atom. The van der Waals surface area contributed by atoms with Gasteiger partial charge >= 0.3 is 0 Å². The summed E-state index contributed by atoms with van der Waals surface area (Å²) in [6.45, 7) is 0. The van der Waals surface area contributed by atoms with E-state index in [9.17, 15) is 4.79 Å². The number of nitrogens with two attached hydrogens (primary N) is 1. The lowest BCUT2D eigenvalue weighted by Crippen LogP contribution is -2.22. The van der Waals surface area contributed by atoms with E-state index in [-0.39, 0.29) is 5.92 Å². The van der Waals surface area contributed by atoms with E-state index < -0.39 is 0 Å². The van der Waals surface area contributed by atoms with Gasteiger partial charge < -0.3 is 5.73 Å². The summed E-state index contributed by atoms with van der Waals surface area (Å²) in [5.41, 5.74) is 6.84. The minimum absolute atomic E-state index is 0.269. The number of nitrogens with zero attached hydrogens (tertiary/aromatic N) is 2. The van der Waals surface area contributed by atoms with Crippen LogP contribution in [-0.2, 0) is 4.79 Å². The first kappa shape index (κ1) is 8.83. The second-order valence-electron chi connectivity index (χ2n) is 4.49. The Morgan fingerprint density at radius 2 is 2.00 bits per heavy atom. The third-order valence-electron chi connectivity index (χ3n) is 3.20. The molecule has 0 atom stereocenters. The number of Topliss-reactive ketones (excluding diaryl/α,β-unsaturated/α-hetero) is 1. The number of ketones is 1. The van der Waals surface area contributed by atoms with Crippen molar-refractivity contribution in [1.29, 1.82) is 0 Å². The Kier molecular flexibility index (Phi) is 1.78. The standard InChI is InChI=1S/C11H13N3O/c12-10-9(7-3-8(15)4-7)5-13-11(14-10)6-1-2-6/h5-7H,1-4H2,(H2,12,13,14). The van der Waals surface area contributed by atoms with Gasteiger partial charge in [-0.25, -0.2) is 9.97 Å². The lowest BCUT2D eigenvalue weighted by Gasteiger charge is -2.24. The minimum atomic E-state index is 0.269. The Labute approximate surface area is 87.9 Å². The normalized spacial score (nSPS) is 21.5. The van der Waals surface area contributed by atoms with E-state index in [0.717, 1.165) is 11.4 Å². The van der Waals surface area contributed by atoms with E-state index in [2.05, 4.69) is 9.97 Å². The van der Waals surface area contributed by atoms with Gasteiger partial charge in [0.2, 0.25) is 0 Å². The number of hydrogen-bond donors (Lipinski definition) is 1. The molecular formula is C11H13N3O. The number of hydrogen-bond acceptors (Lipinski definition) is 4. The summed E-state index contributed by atoms with van der Waals surface area (Å²) < 4.78 is 0. The summed E-state index contributed by atoms with van der Waals surface area (Å²) in [7, 11) is 0. The molecule has 4 nitrogen and oxygen atoms in total. The van der Waals surface area contributed by atoms with E-state index in [1.54, 1.807) is 0 Å². The maximum absolute atomic E-state index is 10.9. The molecule has 15 heavy (non-hydrogen) atoms. The van der Waals surface area contributed by atoms with Crippen molar-refractivity contribution >= 4 is 11.6 Å². The summed E-state index contributed by atoms with van der Waals surface area (Å²) in [5.74, 6) is 2.56. The molecule has 2 aliphatic carbocycles. The molecule has 1 aromatic heterocycles. The van der Waals surface area contributed by atoms with Gasteiger partial charge in [0, 0.05) is 36.4 Å². The number of anilines is 1. The van der Waals surface area contributed by atoms with Crippen LogP contribution in [-0.4, -0.2) is 15.8 Å². The van der Waals surface area contributed by atoms with Crippen LogP contribution >= 0.6 is 0 Å². The van der Waals surface area contributed by atoms with Crippen molar-refractivity contribution in [3.63, 3.8) is 0 Å². The SMILES string of the molecule is Nc1nc(C2CC2)ncc1C1CC(=O)C1. The fourth-order valence-electron chi connectivity index (χ4n) is 1.98. The summed E-state index contributed by atoms with van der Waals surface area (Å²) in [6.07, 6.45) is 5.39. The van der Waals surface area contributed by atoms with Gasteiger partial charge in [-0.3, -0.25) is 4.79 Å². The first-order valence-corrected chi connectivity index (χ1v) is 5.38. The number of carbonyl (C=O) groups is 1. The van der Waals surface area contributed by atoms with Crippen molar-refractivity contribution in [2.75, 3.05) is 5.73 Å². The van der Waals surface area contributed by atoms with Gasteiger partial charge in [0.05, 0.1) is 0 Å². The third-order valence-corrected chi connectivity index (χ3v) is 3.20. The van der Waals surface area contributed by atoms with Crippen molar-refractivity contribution in [2.24, 2.45) is 0 Å². The quantitative estimate of drug-likeness (QED) is 0.788. The number of aromatic nitrogens is 2. The van der Waals surface area contributed by atoms with Crippen LogP contribution in [0.3, 0.4) is 0 Å². The molecule has 0 bridgehead atoms. The maximum atomic E-state index is 10.9. The zero-order chi connectivity index (χ0) is 10.4. The highest BCUT2D eigenvalue weighted by Gasteiger charge is 2.32. The summed E-state index contributed by atoms with van der Waals surface area (Å²) in [6, 6.07) is 0. The summed E-state index contributed by atoms with van der Waals surface area (Å²) in [5, 5.41) is 0. The van der Waals surface area contributed by atoms with E-state index in [1.165, 1.54) is 12.8 Å². The van der Waals surface area contributed by atoms with Crippen LogP contribution in [0.4, 0.5) is 5.82 Å². The maximum Gasteiger partial charge on any atom is 0.134 e. The fraction of sp³-hybridized carbons (Fsp3) is 0.545. The Balaban J connectivity index is 1.86. The highest BCUT2D eigenvalue weighted by molar-refractivity contribution is 5.86. The minimum Gasteiger partial charge on any atom is -0.383 e. The van der Waals surface area contributed by atoms with E-state index in [1.807, 2.05) is 6.20 Å². The van der Waals surface area contributed by atoms with Crippen molar-refractivity contribution in [1.82, 2.24) is 9.97 Å². The van der Waals surface area contributed by atoms with Crippen LogP contribution in [0.1, 0.15) is 48.9 Å². The predicted octanol–water partition coefficient (Wildman–Crippen LogP) is 1.38. The second kappa shape index (κ2) is 3.02. The van der Waals surface area contributed by atoms with E-state index in [4.69, 9.17) is 5.73 Å². The summed E-state index contributed by atoms with van der Waals surface area (Å²) in [4.78, 5) is 19.5. The average Bonchev–Trinajstić information content (AvgIpc) is 2.96. The monoisotopic (exact) mass is 203 g/mol. The van der Waals surface area contributed by atoms with Crippen LogP contribution in [0.25, 0.3) is 0 Å². The van der Waals surface area contributed by atoms with Gasteiger partial charge in [0.1, 0.15) is 17.4 Å². The van der Waals surface area contributed by atoms with Gasteiger partial charge in [-0.2, -0.15) is 0 Å². The average molecular weight is 203 g/mol. The van der Waals surface area contributed by atoms with Crippen molar-refractivity contribution < 1.29 is 4.79 Å². The molecule has 78 valence electrons. The molecule has 0 aliphatic heterocycles. The van der Waals surface area contributed by atoms with Gasteiger partial charge in [-0.15, -0.1) is 0 Å². The lowest BCUT2D eigenvalue weighted by molar-refractivity contribution is -0.124. The fourth-order valence-corrected chi connectivity index (χ4v) is 1.98. The largest absolute Gasteiger partial charge is 0.383 e. The molecule has 0 saturated heterocycles.